The minimum Gasteiger partial charge on any atom is -0.475 e. The van der Waals surface area contributed by atoms with Crippen molar-refractivity contribution in [2.24, 2.45) is 5.41 Å². The molecular formula is C44H56N6O7S. The number of hydrogen-bond donors (Lipinski definition) is 1. The summed E-state index contributed by atoms with van der Waals surface area (Å²) < 4.78 is 49.6. The molecule has 0 spiro atoms. The van der Waals surface area contributed by atoms with Crippen molar-refractivity contribution in [1.29, 1.82) is 0 Å². The van der Waals surface area contributed by atoms with Crippen LogP contribution in [0.3, 0.4) is 0 Å². The molecule has 5 heterocycles. The fourth-order valence-corrected chi connectivity index (χ4v) is 11.2. The van der Waals surface area contributed by atoms with Gasteiger partial charge in [-0.1, -0.05) is 48.4 Å². The summed E-state index contributed by atoms with van der Waals surface area (Å²) in [7, 11) is -0.534. The number of aryl methyl sites for hydroxylation is 2. The van der Waals surface area contributed by atoms with Gasteiger partial charge >= 0.3 is 0 Å². The first kappa shape index (κ1) is 40.3. The molecule has 310 valence electrons. The molecule has 0 unspecified atom stereocenters. The van der Waals surface area contributed by atoms with Gasteiger partial charge in [-0.3, -0.25) is 14.7 Å². The minimum atomic E-state index is -4.30. The van der Waals surface area contributed by atoms with Crippen LogP contribution in [-0.4, -0.2) is 123 Å². The van der Waals surface area contributed by atoms with Gasteiger partial charge in [0.05, 0.1) is 22.5 Å². The Hall–Kier alpha value is -4.50. The molecule has 4 aliphatic heterocycles. The standard InChI is InChI=1S/C44H56N6O7S/c1-27-18-28(2)20-31(19-27)41-39(42(46-45-41)55-25-44(4,5)43(52)50-32-14-15-33(50)17-16-32)29(3)21-49(24-38(51)48-22-35-36(23-48)57-26-56-35)58(53,54)37-13-9-11-30-10-8-12-34(40(30)37)47(6)7/h8-13,18-20,29,32-33,35-36H,14-17,21-26H2,1-7H3,(H,45,46)/t29-,32?,33?,35-,36+/m1/s1. The van der Waals surface area contributed by atoms with Crippen molar-refractivity contribution in [3.63, 3.8) is 0 Å². The Morgan fingerprint density at radius 2 is 1.59 bits per heavy atom. The zero-order valence-electron chi connectivity index (χ0n) is 34.7. The molecule has 1 aromatic heterocycles. The number of hydrogen-bond acceptors (Lipinski definition) is 9. The van der Waals surface area contributed by atoms with Gasteiger partial charge in [0.2, 0.25) is 27.7 Å². The van der Waals surface area contributed by atoms with Crippen molar-refractivity contribution in [2.45, 2.75) is 95.4 Å². The maximum atomic E-state index is 15.2. The number of fused-ring (bicyclic) bond motifs is 4. The number of sulfonamides is 1. The number of H-pyrrole nitrogens is 1. The van der Waals surface area contributed by atoms with Crippen LogP contribution in [0.15, 0.2) is 59.5 Å². The molecule has 2 bridgehead atoms. The normalized spacial score (nSPS) is 22.3. The molecule has 0 saturated carbocycles. The van der Waals surface area contributed by atoms with E-state index in [0.717, 1.165) is 53.4 Å². The fourth-order valence-electron chi connectivity index (χ4n) is 9.54. The van der Waals surface area contributed by atoms with Gasteiger partial charge in [-0.25, -0.2) is 8.42 Å². The molecule has 13 nitrogen and oxygen atoms in total. The molecule has 4 saturated heterocycles. The summed E-state index contributed by atoms with van der Waals surface area (Å²) in [6.45, 7) is 10.3. The van der Waals surface area contributed by atoms with E-state index >= 15 is 8.42 Å². The molecule has 4 fully saturated rings. The molecule has 0 aliphatic carbocycles. The van der Waals surface area contributed by atoms with Crippen molar-refractivity contribution >= 4 is 38.3 Å². The number of ether oxygens (including phenoxy) is 3. The lowest BCUT2D eigenvalue weighted by Gasteiger charge is -2.32. The lowest BCUT2D eigenvalue weighted by molar-refractivity contribution is -0.143. The van der Waals surface area contributed by atoms with Crippen molar-refractivity contribution in [2.75, 3.05) is 58.6 Å². The molecule has 58 heavy (non-hydrogen) atoms. The Balaban J connectivity index is 1.16. The second-order valence-electron chi connectivity index (χ2n) is 17.6. The number of aromatic nitrogens is 2. The van der Waals surface area contributed by atoms with E-state index in [1.165, 1.54) is 4.31 Å². The van der Waals surface area contributed by atoms with Crippen LogP contribution in [0.2, 0.25) is 0 Å². The number of likely N-dealkylation sites (tertiary alicyclic amines) is 1. The lowest BCUT2D eigenvalue weighted by atomic mass is 9.92. The molecule has 3 aromatic carbocycles. The van der Waals surface area contributed by atoms with Crippen LogP contribution in [0.1, 0.15) is 69.1 Å². The predicted octanol–water partition coefficient (Wildman–Crippen LogP) is 5.85. The highest BCUT2D eigenvalue weighted by molar-refractivity contribution is 7.89. The van der Waals surface area contributed by atoms with Gasteiger partial charge in [0.25, 0.3) is 0 Å². The van der Waals surface area contributed by atoms with Crippen LogP contribution in [-0.2, 0) is 29.1 Å². The molecule has 8 rings (SSSR count). The summed E-state index contributed by atoms with van der Waals surface area (Å²) in [4.78, 5) is 33.9. The van der Waals surface area contributed by atoms with Gasteiger partial charge in [0.15, 0.2) is 0 Å². The summed E-state index contributed by atoms with van der Waals surface area (Å²) in [6, 6.07) is 17.8. The second kappa shape index (κ2) is 15.6. The number of benzene rings is 3. The fraction of sp³-hybridized carbons (Fsp3) is 0.523. The lowest BCUT2D eigenvalue weighted by Crippen LogP contribution is -2.46. The van der Waals surface area contributed by atoms with E-state index in [1.807, 2.05) is 77.9 Å². The average Bonchev–Trinajstić information content (AvgIpc) is 4.03. The highest BCUT2D eigenvalue weighted by atomic mass is 32.2. The molecule has 1 N–H and O–H groups in total. The number of anilines is 1. The molecule has 4 aromatic rings. The summed E-state index contributed by atoms with van der Waals surface area (Å²) in [6.07, 6.45) is 3.71. The number of nitrogens with one attached hydrogen (secondary N) is 1. The number of carbonyl (C=O) groups is 2. The molecule has 14 heteroatoms. The molecule has 4 aliphatic rings. The first-order valence-corrected chi connectivity index (χ1v) is 21.9. The second-order valence-corrected chi connectivity index (χ2v) is 19.5. The van der Waals surface area contributed by atoms with Crippen molar-refractivity contribution in [1.82, 2.24) is 24.3 Å². The van der Waals surface area contributed by atoms with Crippen LogP contribution in [0.4, 0.5) is 5.69 Å². The smallest absolute Gasteiger partial charge is 0.244 e. The Labute approximate surface area is 341 Å². The predicted molar refractivity (Wildman–Crippen MR) is 222 cm³/mol. The number of amides is 2. The topological polar surface area (TPSA) is 138 Å². The highest BCUT2D eigenvalue weighted by Crippen LogP contribution is 2.42. The van der Waals surface area contributed by atoms with Gasteiger partial charge < -0.3 is 28.9 Å². The maximum absolute atomic E-state index is 15.2. The van der Waals surface area contributed by atoms with E-state index in [0.29, 0.717) is 47.7 Å². The largest absolute Gasteiger partial charge is 0.475 e. The number of nitrogens with zero attached hydrogens (tertiary/aromatic N) is 5. The Morgan fingerprint density at radius 1 is 0.966 bits per heavy atom. The van der Waals surface area contributed by atoms with Gasteiger partial charge in [0, 0.05) is 73.9 Å². The van der Waals surface area contributed by atoms with Crippen LogP contribution < -0.4 is 9.64 Å². The van der Waals surface area contributed by atoms with E-state index < -0.39 is 21.4 Å². The Kier molecular flexibility index (Phi) is 10.8. The third-order valence-corrected chi connectivity index (χ3v) is 14.3. The van der Waals surface area contributed by atoms with Crippen LogP contribution in [0.5, 0.6) is 5.88 Å². The molecular weight excluding hydrogens is 757 g/mol. The summed E-state index contributed by atoms with van der Waals surface area (Å²) >= 11 is 0. The highest BCUT2D eigenvalue weighted by Gasteiger charge is 2.47. The first-order valence-electron chi connectivity index (χ1n) is 20.4. The van der Waals surface area contributed by atoms with E-state index in [9.17, 15) is 9.59 Å². The number of aromatic amines is 1. The molecule has 2 amide bonds. The summed E-state index contributed by atoms with van der Waals surface area (Å²) in [5.74, 6) is -0.465. The monoisotopic (exact) mass is 812 g/mol. The zero-order chi connectivity index (χ0) is 41.1. The van der Waals surface area contributed by atoms with E-state index in [2.05, 4.69) is 33.3 Å². The minimum absolute atomic E-state index is 0.0601. The Morgan fingerprint density at radius 3 is 2.21 bits per heavy atom. The van der Waals surface area contributed by atoms with E-state index in [1.54, 1.807) is 17.0 Å². The number of rotatable bonds is 13. The third-order valence-electron chi connectivity index (χ3n) is 12.5. The summed E-state index contributed by atoms with van der Waals surface area (Å²) in [5, 5.41) is 9.26. The number of carbonyl (C=O) groups excluding carboxylic acids is 2. The van der Waals surface area contributed by atoms with Crippen LogP contribution in [0, 0.1) is 19.3 Å². The van der Waals surface area contributed by atoms with E-state index in [4.69, 9.17) is 14.2 Å². The van der Waals surface area contributed by atoms with Crippen molar-refractivity contribution in [3.05, 3.63) is 71.3 Å². The molecule has 0 radical (unpaired) electrons. The van der Waals surface area contributed by atoms with Crippen molar-refractivity contribution < 1.29 is 32.2 Å². The third kappa shape index (κ3) is 7.48. The van der Waals surface area contributed by atoms with Gasteiger partial charge in [-0.05, 0) is 83.0 Å². The van der Waals surface area contributed by atoms with Crippen molar-refractivity contribution in [3.8, 4) is 17.1 Å². The van der Waals surface area contributed by atoms with E-state index in [-0.39, 0.29) is 55.4 Å². The molecule has 3 atom stereocenters. The average molecular weight is 813 g/mol. The zero-order valence-corrected chi connectivity index (χ0v) is 35.5. The van der Waals surface area contributed by atoms with Crippen LogP contribution in [0.25, 0.3) is 22.0 Å². The Bertz CT molecular complexity index is 2270. The quantitative estimate of drug-likeness (QED) is 0.176. The van der Waals surface area contributed by atoms with Crippen LogP contribution >= 0.6 is 0 Å². The summed E-state index contributed by atoms with van der Waals surface area (Å²) in [5.41, 5.74) is 4.29. The SMILES string of the molecule is Cc1cc(C)cc(-c2[nH]nc(OCC(C)(C)C(=O)N3C4CCC3CC4)c2[C@H](C)CN(CC(=O)N2C[C@@H]3OCO[C@@H]3C2)S(=O)(=O)c2cccc3cccc(N(C)C)c23)c1. The van der Waals surface area contributed by atoms with Gasteiger partial charge in [-0.2, -0.15) is 4.31 Å². The van der Waals surface area contributed by atoms with Gasteiger partial charge in [-0.15, -0.1) is 5.10 Å². The van der Waals surface area contributed by atoms with Gasteiger partial charge in [0.1, 0.15) is 25.6 Å². The first-order chi connectivity index (χ1) is 27.6. The maximum Gasteiger partial charge on any atom is 0.244 e.